The van der Waals surface area contributed by atoms with Crippen molar-refractivity contribution < 1.29 is 4.42 Å². The van der Waals surface area contributed by atoms with E-state index in [1.165, 1.54) is 95.2 Å². The van der Waals surface area contributed by atoms with Crippen LogP contribution in [0.25, 0.3) is 54.9 Å². The fourth-order valence-electron chi connectivity index (χ4n) is 12.8. The molecule has 0 atom stereocenters. The van der Waals surface area contributed by atoms with Gasteiger partial charge in [0.05, 0.1) is 16.7 Å². The molecule has 5 heteroatoms. The van der Waals surface area contributed by atoms with Gasteiger partial charge in [0, 0.05) is 61.1 Å². The number of hydrogen-bond donors (Lipinski definition) is 0. The first-order valence-electron chi connectivity index (χ1n) is 26.4. The fourth-order valence-corrected chi connectivity index (χ4v) is 12.8. The van der Waals surface area contributed by atoms with E-state index < -0.39 is 0 Å². The quantitative estimate of drug-likeness (QED) is 0.165. The highest BCUT2D eigenvalue weighted by Gasteiger charge is 2.46. The molecule has 0 unspecified atom stereocenters. The lowest BCUT2D eigenvalue weighted by Crippen LogP contribution is -2.61. The number of anilines is 6. The van der Waals surface area contributed by atoms with Gasteiger partial charge in [-0.05, 0) is 161 Å². The zero-order valence-corrected chi connectivity index (χ0v) is 44.3. The van der Waals surface area contributed by atoms with Crippen LogP contribution >= 0.6 is 0 Å². The maximum Gasteiger partial charge on any atom is 0.252 e. The van der Waals surface area contributed by atoms with E-state index in [2.05, 4.69) is 243 Å². The van der Waals surface area contributed by atoms with Crippen LogP contribution in [0.4, 0.5) is 34.1 Å². The predicted octanol–water partition coefficient (Wildman–Crippen LogP) is 16.6. The predicted molar refractivity (Wildman–Crippen MR) is 309 cm³/mol. The van der Waals surface area contributed by atoms with Crippen molar-refractivity contribution in [3.63, 3.8) is 0 Å². The van der Waals surface area contributed by atoms with Gasteiger partial charge in [-0.1, -0.05) is 153 Å². The average Bonchev–Trinajstić information content (AvgIpc) is 4.07. The number of furan rings is 1. The monoisotopic (exact) mass is 940 g/mol. The first-order valence-corrected chi connectivity index (χ1v) is 26.4. The summed E-state index contributed by atoms with van der Waals surface area (Å²) in [4.78, 5) is 5.24. The second-order valence-electron chi connectivity index (χ2n) is 25.3. The Morgan fingerprint density at radius 3 is 1.79 bits per heavy atom. The van der Waals surface area contributed by atoms with Crippen LogP contribution in [-0.4, -0.2) is 11.3 Å². The molecule has 3 aliphatic rings. The molecule has 2 aromatic heterocycles. The number of aromatic nitrogens is 1. The second kappa shape index (κ2) is 15.3. The zero-order valence-electron chi connectivity index (χ0n) is 44.3. The van der Waals surface area contributed by atoms with Crippen molar-refractivity contribution in [1.29, 1.82) is 0 Å². The van der Waals surface area contributed by atoms with Crippen molar-refractivity contribution in [1.82, 2.24) is 4.57 Å². The summed E-state index contributed by atoms with van der Waals surface area (Å²) in [6.45, 7) is 28.0. The van der Waals surface area contributed by atoms with E-state index in [1.807, 2.05) is 0 Å². The molecule has 0 saturated carbocycles. The number of benzene rings is 8. The van der Waals surface area contributed by atoms with Crippen molar-refractivity contribution >= 4 is 101 Å². The van der Waals surface area contributed by atoms with Gasteiger partial charge >= 0.3 is 0 Å². The minimum Gasteiger partial charge on any atom is -0.455 e. The number of rotatable bonds is 3. The Morgan fingerprint density at radius 1 is 0.500 bits per heavy atom. The normalized spacial score (nSPS) is 14.7. The van der Waals surface area contributed by atoms with Crippen LogP contribution in [0.3, 0.4) is 0 Å². The lowest BCUT2D eigenvalue weighted by molar-refractivity contribution is 0.422. The van der Waals surface area contributed by atoms with Crippen LogP contribution in [0.5, 0.6) is 0 Å². The number of para-hydroxylation sites is 2. The first-order chi connectivity index (χ1) is 34.3. The molecule has 72 heavy (non-hydrogen) atoms. The Labute approximate surface area is 426 Å². The number of fused-ring (bicyclic) bond motifs is 13. The molecule has 358 valence electrons. The summed E-state index contributed by atoms with van der Waals surface area (Å²) < 4.78 is 9.60. The van der Waals surface area contributed by atoms with Gasteiger partial charge in [0.15, 0.2) is 0 Å². The lowest BCUT2D eigenvalue weighted by atomic mass is 9.33. The Morgan fingerprint density at radius 2 is 1.12 bits per heavy atom. The Balaban J connectivity index is 1.21. The fraction of sp³-hybridized carbons (Fsp3) is 0.284. The summed E-state index contributed by atoms with van der Waals surface area (Å²) in [6, 6.07) is 56.3. The molecule has 10 aromatic rings. The summed E-state index contributed by atoms with van der Waals surface area (Å²) in [5.41, 5.74) is 24.7. The van der Waals surface area contributed by atoms with Crippen LogP contribution in [0.1, 0.15) is 117 Å². The smallest absolute Gasteiger partial charge is 0.252 e. The van der Waals surface area contributed by atoms with Gasteiger partial charge in [-0.2, -0.15) is 0 Å². The van der Waals surface area contributed by atoms with Gasteiger partial charge in [-0.3, -0.25) is 0 Å². The molecule has 2 aliphatic heterocycles. The van der Waals surface area contributed by atoms with E-state index in [-0.39, 0.29) is 28.5 Å². The van der Waals surface area contributed by atoms with Crippen LogP contribution in [0.2, 0.25) is 0 Å². The summed E-state index contributed by atoms with van der Waals surface area (Å²) in [6.07, 6.45) is 3.45. The highest BCUT2D eigenvalue weighted by Crippen LogP contribution is 2.52. The summed E-state index contributed by atoms with van der Waals surface area (Å²) in [5.74, 6) is 0. The van der Waals surface area contributed by atoms with E-state index >= 15 is 0 Å². The van der Waals surface area contributed by atoms with E-state index in [0.717, 1.165) is 57.3 Å². The highest BCUT2D eigenvalue weighted by atomic mass is 16.3. The summed E-state index contributed by atoms with van der Waals surface area (Å²) in [7, 11) is 0. The van der Waals surface area contributed by atoms with Gasteiger partial charge in [0.2, 0.25) is 0 Å². The van der Waals surface area contributed by atoms with Crippen molar-refractivity contribution in [2.24, 2.45) is 0 Å². The van der Waals surface area contributed by atoms with Crippen molar-refractivity contribution in [3.05, 3.63) is 173 Å². The molecule has 0 saturated heterocycles. The van der Waals surface area contributed by atoms with E-state index in [1.54, 1.807) is 0 Å². The van der Waals surface area contributed by atoms with Gasteiger partial charge in [-0.25, -0.2) is 0 Å². The topological polar surface area (TPSA) is 24.6 Å². The van der Waals surface area contributed by atoms with Crippen molar-refractivity contribution in [3.8, 4) is 11.1 Å². The minimum absolute atomic E-state index is 0.000929. The first kappa shape index (κ1) is 44.9. The molecule has 8 aromatic carbocycles. The third-order valence-electron chi connectivity index (χ3n) is 16.4. The van der Waals surface area contributed by atoms with Gasteiger partial charge in [0.1, 0.15) is 11.2 Å². The molecular weight excluding hydrogens is 874 g/mol. The Kier molecular flexibility index (Phi) is 9.53. The van der Waals surface area contributed by atoms with Crippen LogP contribution in [0, 0.1) is 0 Å². The van der Waals surface area contributed by atoms with Crippen molar-refractivity contribution in [2.45, 2.75) is 124 Å². The molecule has 13 rings (SSSR count). The van der Waals surface area contributed by atoms with E-state index in [4.69, 9.17) is 4.42 Å². The standard InChI is InChI=1S/C67H66BN3O/c1-64(2,3)42-24-29-45(30-25-42)69-54-35-28-44(66(7,8)9)39-53(54)68-52-34-36-55-59(51-33-23-40-17-15-19-47(40)61(51)71(55)67(10,11)12)62(52)70(46-31-26-43(27-32-46)65(4,5)6)57-38-41(37-56(69)60(57)68)48-20-16-21-50-49-18-13-14-22-58(49)72-63(48)50/h13-14,16,18,20-39H,15,17,19H2,1-12H3. The van der Waals surface area contributed by atoms with E-state index in [0.29, 0.717) is 0 Å². The summed E-state index contributed by atoms with van der Waals surface area (Å²) in [5, 5.41) is 4.95. The van der Waals surface area contributed by atoms with Gasteiger partial charge < -0.3 is 18.8 Å². The molecule has 4 heterocycles. The van der Waals surface area contributed by atoms with Gasteiger partial charge in [-0.15, -0.1) is 0 Å². The third-order valence-corrected chi connectivity index (χ3v) is 16.4. The van der Waals surface area contributed by atoms with Crippen molar-refractivity contribution in [2.75, 3.05) is 9.80 Å². The van der Waals surface area contributed by atoms with Crippen LogP contribution < -0.4 is 26.2 Å². The molecular formula is C67H66BN3O. The zero-order chi connectivity index (χ0) is 50.0. The molecule has 0 fully saturated rings. The Hall–Kier alpha value is -6.98. The molecule has 4 nitrogen and oxygen atoms in total. The number of nitrogens with zero attached hydrogens (tertiary/aromatic N) is 3. The average molecular weight is 940 g/mol. The van der Waals surface area contributed by atoms with Gasteiger partial charge in [0.25, 0.3) is 6.71 Å². The number of hydrogen-bond acceptors (Lipinski definition) is 3. The second-order valence-corrected chi connectivity index (χ2v) is 25.3. The number of aryl methyl sites for hydroxylation is 2. The largest absolute Gasteiger partial charge is 0.455 e. The Bertz CT molecular complexity index is 3880. The highest BCUT2D eigenvalue weighted by molar-refractivity contribution is 7.00. The lowest BCUT2D eigenvalue weighted by Gasteiger charge is -2.45. The minimum atomic E-state index is -0.161. The van der Waals surface area contributed by atoms with Crippen LogP contribution in [-0.2, 0) is 34.6 Å². The maximum absolute atomic E-state index is 6.91. The summed E-state index contributed by atoms with van der Waals surface area (Å²) >= 11 is 0. The van der Waals surface area contributed by atoms with E-state index in [9.17, 15) is 0 Å². The molecule has 0 N–H and O–H groups in total. The molecule has 0 radical (unpaired) electrons. The molecule has 1 aliphatic carbocycles. The van der Waals surface area contributed by atoms with Crippen LogP contribution in [0.15, 0.2) is 150 Å². The molecule has 0 bridgehead atoms. The molecule has 0 spiro atoms. The SMILES string of the molecule is CC(C)(C)c1ccc(N2c3ccc(C(C)(C)C)cc3B3c4ccc5c(c4N(c4ccc(C(C)(C)C)cc4)c4cc(-c6cccc7c6oc6ccccc67)cc2c43)c2ccc3c(c2n5C(C)(C)C)CCC3)cc1. The molecule has 0 amide bonds. The maximum atomic E-state index is 6.91. The third kappa shape index (κ3) is 6.64.